The Bertz CT molecular complexity index is 413. The maximum atomic E-state index is 5.75. The van der Waals surface area contributed by atoms with Crippen molar-refractivity contribution in [3.63, 3.8) is 0 Å². The summed E-state index contributed by atoms with van der Waals surface area (Å²) in [4.78, 5) is 0. The molecule has 0 atom stereocenters. The predicted molar refractivity (Wildman–Crippen MR) is 73.7 cm³/mol. The lowest BCUT2D eigenvalue weighted by atomic mass is 10.1. The smallest absolute Gasteiger partial charge is 0.134 e. The summed E-state index contributed by atoms with van der Waals surface area (Å²) >= 11 is 5.58. The van der Waals surface area contributed by atoms with Gasteiger partial charge in [0.15, 0.2) is 0 Å². The fourth-order valence-corrected chi connectivity index (χ4v) is 1.47. The molecule has 1 rings (SSSR count). The summed E-state index contributed by atoms with van der Waals surface area (Å²) in [5, 5.41) is 0. The number of alkyl halides is 1. The van der Waals surface area contributed by atoms with E-state index in [9.17, 15) is 0 Å². The molecule has 0 heterocycles. The second kappa shape index (κ2) is 7.25. The van der Waals surface area contributed by atoms with Gasteiger partial charge in [-0.15, -0.1) is 11.6 Å². The van der Waals surface area contributed by atoms with Crippen LogP contribution in [0.5, 0.6) is 5.75 Å². The Labute approximate surface area is 109 Å². The Morgan fingerprint density at radius 1 is 1.35 bits per heavy atom. The van der Waals surface area contributed by atoms with E-state index < -0.39 is 0 Å². The van der Waals surface area contributed by atoms with Crippen molar-refractivity contribution >= 4 is 11.6 Å². The van der Waals surface area contributed by atoms with E-state index in [4.69, 9.17) is 16.3 Å². The highest BCUT2D eigenvalue weighted by Gasteiger charge is 2.02. The van der Waals surface area contributed by atoms with Crippen LogP contribution in [0.2, 0.25) is 0 Å². The number of aryl methyl sites for hydroxylation is 1. The SMILES string of the molecule is Cc1ccc(OCCC(C)C)c(C#CCCl)c1. The van der Waals surface area contributed by atoms with Crippen molar-refractivity contribution in [2.75, 3.05) is 12.5 Å². The molecule has 0 fully saturated rings. The Hall–Kier alpha value is -1.13. The number of benzene rings is 1. The van der Waals surface area contributed by atoms with Gasteiger partial charge in [-0.05, 0) is 37.0 Å². The van der Waals surface area contributed by atoms with Gasteiger partial charge in [-0.25, -0.2) is 0 Å². The van der Waals surface area contributed by atoms with Gasteiger partial charge in [0.25, 0.3) is 0 Å². The summed E-state index contributed by atoms with van der Waals surface area (Å²) in [6, 6.07) is 6.05. The second-order valence-corrected chi connectivity index (χ2v) is 4.73. The van der Waals surface area contributed by atoms with Gasteiger partial charge in [0, 0.05) is 0 Å². The van der Waals surface area contributed by atoms with Gasteiger partial charge in [0.1, 0.15) is 5.75 Å². The molecule has 0 unspecified atom stereocenters. The molecule has 0 aromatic heterocycles. The van der Waals surface area contributed by atoms with E-state index in [2.05, 4.69) is 25.7 Å². The first-order valence-electron chi connectivity index (χ1n) is 5.91. The highest BCUT2D eigenvalue weighted by atomic mass is 35.5. The molecule has 0 spiro atoms. The largest absolute Gasteiger partial charge is 0.492 e. The van der Waals surface area contributed by atoms with Crippen molar-refractivity contribution in [3.05, 3.63) is 29.3 Å². The van der Waals surface area contributed by atoms with Crippen LogP contribution in [-0.2, 0) is 0 Å². The summed E-state index contributed by atoms with van der Waals surface area (Å²) in [7, 11) is 0. The first kappa shape index (κ1) is 13.9. The van der Waals surface area contributed by atoms with Crippen LogP contribution in [0.1, 0.15) is 31.4 Å². The van der Waals surface area contributed by atoms with E-state index in [1.54, 1.807) is 0 Å². The lowest BCUT2D eigenvalue weighted by molar-refractivity contribution is 0.289. The van der Waals surface area contributed by atoms with Crippen LogP contribution < -0.4 is 4.74 Å². The number of hydrogen-bond acceptors (Lipinski definition) is 1. The number of halogens is 1. The van der Waals surface area contributed by atoms with Crippen molar-refractivity contribution < 1.29 is 4.74 Å². The topological polar surface area (TPSA) is 9.23 Å². The van der Waals surface area contributed by atoms with E-state index in [-0.39, 0.29) is 0 Å². The normalized spacial score (nSPS) is 9.94. The first-order valence-corrected chi connectivity index (χ1v) is 6.45. The summed E-state index contributed by atoms with van der Waals surface area (Å²) in [5.41, 5.74) is 2.11. The van der Waals surface area contributed by atoms with Gasteiger partial charge in [-0.2, -0.15) is 0 Å². The predicted octanol–water partition coefficient (Wildman–Crippen LogP) is 4.01. The Balaban J connectivity index is 2.76. The zero-order chi connectivity index (χ0) is 12.7. The molecule has 1 aromatic rings. The molecule has 0 aliphatic rings. The third-order valence-electron chi connectivity index (χ3n) is 2.38. The van der Waals surface area contributed by atoms with Crippen LogP contribution in [0, 0.1) is 24.7 Å². The number of ether oxygens (including phenoxy) is 1. The average molecular weight is 251 g/mol. The van der Waals surface area contributed by atoms with E-state index in [1.807, 2.05) is 25.1 Å². The first-order chi connectivity index (χ1) is 8.13. The molecule has 0 bridgehead atoms. The molecule has 0 radical (unpaired) electrons. The molecule has 17 heavy (non-hydrogen) atoms. The van der Waals surface area contributed by atoms with Gasteiger partial charge in [0.05, 0.1) is 18.1 Å². The quantitative estimate of drug-likeness (QED) is 0.580. The van der Waals surface area contributed by atoms with Crippen LogP contribution in [0.15, 0.2) is 18.2 Å². The maximum Gasteiger partial charge on any atom is 0.134 e. The number of rotatable bonds is 4. The molecule has 0 saturated carbocycles. The van der Waals surface area contributed by atoms with Crippen LogP contribution >= 0.6 is 11.6 Å². The van der Waals surface area contributed by atoms with Crippen LogP contribution in [0.4, 0.5) is 0 Å². The summed E-state index contributed by atoms with van der Waals surface area (Å²) in [5.74, 6) is 7.75. The van der Waals surface area contributed by atoms with Gasteiger partial charge >= 0.3 is 0 Å². The Morgan fingerprint density at radius 3 is 2.76 bits per heavy atom. The maximum absolute atomic E-state index is 5.75. The standard InChI is InChI=1S/C15H19ClO/c1-12(2)8-10-17-15-7-6-13(3)11-14(15)5-4-9-16/h6-7,11-12H,8-10H2,1-3H3. The van der Waals surface area contributed by atoms with Crippen molar-refractivity contribution in [2.24, 2.45) is 5.92 Å². The second-order valence-electron chi connectivity index (χ2n) is 4.47. The molecule has 0 N–H and O–H groups in total. The third kappa shape index (κ3) is 5.15. The minimum absolute atomic E-state index is 0.347. The summed E-state index contributed by atoms with van der Waals surface area (Å²) in [6.07, 6.45) is 1.05. The molecule has 92 valence electrons. The zero-order valence-electron chi connectivity index (χ0n) is 10.7. The van der Waals surface area contributed by atoms with Crippen molar-refractivity contribution in [3.8, 4) is 17.6 Å². The molecular formula is C15H19ClO. The molecule has 0 saturated heterocycles. The third-order valence-corrected chi connectivity index (χ3v) is 2.51. The minimum Gasteiger partial charge on any atom is -0.492 e. The fourth-order valence-electron chi connectivity index (χ4n) is 1.40. The van der Waals surface area contributed by atoms with Crippen LogP contribution in [-0.4, -0.2) is 12.5 Å². The summed E-state index contributed by atoms with van der Waals surface area (Å²) < 4.78 is 5.75. The molecule has 0 amide bonds. The monoisotopic (exact) mass is 250 g/mol. The van der Waals surface area contributed by atoms with Gasteiger partial charge in [-0.1, -0.05) is 31.8 Å². The molecule has 1 aromatic carbocycles. The molecule has 2 heteroatoms. The molecule has 0 aliphatic carbocycles. The zero-order valence-corrected chi connectivity index (χ0v) is 11.5. The lowest BCUT2D eigenvalue weighted by Crippen LogP contribution is -2.02. The molecule has 1 nitrogen and oxygen atoms in total. The highest BCUT2D eigenvalue weighted by Crippen LogP contribution is 2.19. The van der Waals surface area contributed by atoms with E-state index in [1.165, 1.54) is 5.56 Å². The Kier molecular flexibility index (Phi) is 5.94. The number of hydrogen-bond donors (Lipinski definition) is 0. The Morgan fingerprint density at radius 2 is 2.12 bits per heavy atom. The van der Waals surface area contributed by atoms with Gasteiger partial charge in [-0.3, -0.25) is 0 Å². The minimum atomic E-state index is 0.347. The fraction of sp³-hybridized carbons (Fsp3) is 0.467. The van der Waals surface area contributed by atoms with Crippen molar-refractivity contribution in [1.29, 1.82) is 0 Å². The van der Waals surface area contributed by atoms with Crippen molar-refractivity contribution in [2.45, 2.75) is 27.2 Å². The lowest BCUT2D eigenvalue weighted by Gasteiger charge is -2.10. The van der Waals surface area contributed by atoms with Crippen LogP contribution in [0.3, 0.4) is 0 Å². The summed E-state index contributed by atoms with van der Waals surface area (Å²) in [6.45, 7) is 7.15. The van der Waals surface area contributed by atoms with E-state index in [0.29, 0.717) is 11.8 Å². The molecular weight excluding hydrogens is 232 g/mol. The average Bonchev–Trinajstić information content (AvgIpc) is 2.28. The van der Waals surface area contributed by atoms with Gasteiger partial charge < -0.3 is 4.74 Å². The highest BCUT2D eigenvalue weighted by molar-refractivity contribution is 6.19. The molecule has 0 aliphatic heterocycles. The van der Waals surface area contributed by atoms with E-state index in [0.717, 1.165) is 24.3 Å². The van der Waals surface area contributed by atoms with E-state index >= 15 is 0 Å². The van der Waals surface area contributed by atoms with Crippen LogP contribution in [0.25, 0.3) is 0 Å². The van der Waals surface area contributed by atoms with Gasteiger partial charge in [0.2, 0.25) is 0 Å². The van der Waals surface area contributed by atoms with Crippen molar-refractivity contribution in [1.82, 2.24) is 0 Å².